The molecule has 0 bridgehead atoms. The summed E-state index contributed by atoms with van der Waals surface area (Å²) in [5, 5.41) is 6.56. The van der Waals surface area contributed by atoms with E-state index in [2.05, 4.69) is 64.2 Å². The van der Waals surface area contributed by atoms with Crippen molar-refractivity contribution in [2.45, 2.75) is 18.9 Å². The number of nitrogens with zero attached hydrogens (tertiary/aromatic N) is 2. The minimum absolute atomic E-state index is 0.0641. The normalized spacial score (nSPS) is 18.4. The molecular formula is C23H23N3O2S. The lowest BCUT2D eigenvalue weighted by Crippen LogP contribution is -2.48. The smallest absolute Gasteiger partial charge is 0.409 e. The van der Waals surface area contributed by atoms with Gasteiger partial charge in [0.15, 0.2) is 0 Å². The molecule has 1 saturated heterocycles. The van der Waals surface area contributed by atoms with Gasteiger partial charge in [0.1, 0.15) is 6.61 Å². The maximum absolute atomic E-state index is 12.8. The highest BCUT2D eigenvalue weighted by atomic mass is 32.1. The molecule has 1 atom stereocenters. The molecule has 0 saturated carbocycles. The number of ether oxygens (including phenoxy) is 1. The summed E-state index contributed by atoms with van der Waals surface area (Å²) >= 11 is 1.64. The van der Waals surface area contributed by atoms with Gasteiger partial charge in [-0.15, -0.1) is 11.3 Å². The summed E-state index contributed by atoms with van der Waals surface area (Å²) < 4.78 is 5.81. The molecule has 3 aromatic rings. The van der Waals surface area contributed by atoms with Gasteiger partial charge in [-0.2, -0.15) is 0 Å². The van der Waals surface area contributed by atoms with Crippen LogP contribution in [-0.2, 0) is 4.74 Å². The van der Waals surface area contributed by atoms with E-state index in [4.69, 9.17) is 4.74 Å². The lowest BCUT2D eigenvalue weighted by molar-refractivity contribution is 0.0880. The molecule has 1 aliphatic carbocycles. The van der Waals surface area contributed by atoms with E-state index in [0.717, 1.165) is 17.2 Å². The molecule has 1 N–H and O–H groups in total. The third-order valence-corrected chi connectivity index (χ3v) is 6.56. The number of hydrogen-bond acceptors (Lipinski definition) is 5. The first-order chi connectivity index (χ1) is 14.2. The fourth-order valence-corrected chi connectivity index (χ4v) is 5.01. The van der Waals surface area contributed by atoms with Crippen LogP contribution in [0, 0.1) is 6.92 Å². The standard InChI is InChI=1S/C23H23N3O2S/c1-15-25-22(14-29-15)21-12-26(11-10-24-21)23(27)28-13-20-18-8-4-2-6-16(18)17-7-3-5-9-19(17)20/h2-9,14,20-21,24H,10-13H2,1H3. The second-order valence-corrected chi connectivity index (χ2v) is 8.61. The molecule has 1 fully saturated rings. The first kappa shape index (κ1) is 18.3. The molecule has 5 rings (SSSR count). The second-order valence-electron chi connectivity index (χ2n) is 7.55. The maximum Gasteiger partial charge on any atom is 0.409 e. The van der Waals surface area contributed by atoms with Gasteiger partial charge in [-0.25, -0.2) is 9.78 Å². The Morgan fingerprint density at radius 3 is 2.52 bits per heavy atom. The number of hydrogen-bond donors (Lipinski definition) is 1. The molecule has 148 valence electrons. The largest absolute Gasteiger partial charge is 0.448 e. The lowest BCUT2D eigenvalue weighted by atomic mass is 9.98. The van der Waals surface area contributed by atoms with Crippen LogP contribution < -0.4 is 5.32 Å². The van der Waals surface area contributed by atoms with Crippen LogP contribution in [0.3, 0.4) is 0 Å². The zero-order valence-corrected chi connectivity index (χ0v) is 17.1. The van der Waals surface area contributed by atoms with Crippen molar-refractivity contribution in [3.05, 3.63) is 75.7 Å². The van der Waals surface area contributed by atoms with Crippen molar-refractivity contribution in [2.75, 3.05) is 26.2 Å². The third-order valence-electron chi connectivity index (χ3n) is 5.76. The molecular weight excluding hydrogens is 382 g/mol. The Balaban J connectivity index is 1.28. The average molecular weight is 406 g/mol. The molecule has 1 amide bonds. The molecule has 1 aromatic heterocycles. The van der Waals surface area contributed by atoms with E-state index >= 15 is 0 Å². The summed E-state index contributed by atoms with van der Waals surface area (Å²) in [6, 6.07) is 16.9. The van der Waals surface area contributed by atoms with Gasteiger partial charge in [0, 0.05) is 30.9 Å². The van der Waals surface area contributed by atoms with Crippen molar-refractivity contribution in [1.82, 2.24) is 15.2 Å². The Morgan fingerprint density at radius 1 is 1.17 bits per heavy atom. The van der Waals surface area contributed by atoms with Crippen LogP contribution in [0.15, 0.2) is 53.9 Å². The van der Waals surface area contributed by atoms with Crippen molar-refractivity contribution in [2.24, 2.45) is 0 Å². The van der Waals surface area contributed by atoms with Crippen LogP contribution in [0.25, 0.3) is 11.1 Å². The zero-order chi connectivity index (χ0) is 19.8. The number of carbonyl (C=O) groups is 1. The van der Waals surface area contributed by atoms with E-state index in [1.807, 2.05) is 6.92 Å². The maximum atomic E-state index is 12.8. The fraction of sp³-hybridized carbons (Fsp3) is 0.304. The highest BCUT2D eigenvalue weighted by Gasteiger charge is 2.31. The summed E-state index contributed by atoms with van der Waals surface area (Å²) in [7, 11) is 0. The minimum atomic E-state index is -0.245. The van der Waals surface area contributed by atoms with Crippen LogP contribution >= 0.6 is 11.3 Å². The predicted octanol–water partition coefficient (Wildman–Crippen LogP) is 4.35. The van der Waals surface area contributed by atoms with Crippen LogP contribution in [0.5, 0.6) is 0 Å². The Hall–Kier alpha value is -2.70. The van der Waals surface area contributed by atoms with Gasteiger partial charge in [-0.3, -0.25) is 0 Å². The Morgan fingerprint density at radius 2 is 1.86 bits per heavy atom. The first-order valence-corrected chi connectivity index (χ1v) is 10.8. The summed E-state index contributed by atoms with van der Waals surface area (Å²) in [4.78, 5) is 19.2. The molecule has 0 spiro atoms. The van der Waals surface area contributed by atoms with Gasteiger partial charge in [-0.1, -0.05) is 48.5 Å². The molecule has 2 heterocycles. The van der Waals surface area contributed by atoms with Crippen molar-refractivity contribution in [3.8, 4) is 11.1 Å². The minimum Gasteiger partial charge on any atom is -0.448 e. The highest BCUT2D eigenvalue weighted by Crippen LogP contribution is 2.44. The number of carbonyl (C=O) groups excluding carboxylic acids is 1. The Kier molecular flexibility index (Phi) is 4.81. The quantitative estimate of drug-likeness (QED) is 0.704. The average Bonchev–Trinajstić information content (AvgIpc) is 3.34. The highest BCUT2D eigenvalue weighted by molar-refractivity contribution is 7.09. The van der Waals surface area contributed by atoms with E-state index in [0.29, 0.717) is 19.7 Å². The number of thiazole rings is 1. The van der Waals surface area contributed by atoms with Gasteiger partial charge < -0.3 is 15.0 Å². The number of piperazine rings is 1. The van der Waals surface area contributed by atoms with Crippen molar-refractivity contribution >= 4 is 17.4 Å². The molecule has 29 heavy (non-hydrogen) atoms. The number of amides is 1. The Bertz CT molecular complexity index is 1000. The lowest BCUT2D eigenvalue weighted by Gasteiger charge is -2.32. The van der Waals surface area contributed by atoms with Crippen molar-refractivity contribution in [3.63, 3.8) is 0 Å². The van der Waals surface area contributed by atoms with Gasteiger partial charge in [0.25, 0.3) is 0 Å². The van der Waals surface area contributed by atoms with Crippen LogP contribution in [0.2, 0.25) is 0 Å². The van der Waals surface area contributed by atoms with Gasteiger partial charge in [-0.05, 0) is 29.2 Å². The molecule has 0 radical (unpaired) electrons. The van der Waals surface area contributed by atoms with E-state index < -0.39 is 0 Å². The molecule has 6 heteroatoms. The topological polar surface area (TPSA) is 54.5 Å². The number of nitrogens with one attached hydrogen (secondary N) is 1. The second kappa shape index (κ2) is 7.61. The van der Waals surface area contributed by atoms with Crippen LogP contribution in [0.4, 0.5) is 4.79 Å². The van der Waals surface area contributed by atoms with Gasteiger partial charge >= 0.3 is 6.09 Å². The molecule has 2 aliphatic rings. The van der Waals surface area contributed by atoms with E-state index in [9.17, 15) is 4.79 Å². The molecule has 2 aromatic carbocycles. The fourth-order valence-electron chi connectivity index (χ4n) is 4.34. The van der Waals surface area contributed by atoms with Gasteiger partial charge in [0.05, 0.1) is 16.7 Å². The number of benzene rings is 2. The summed E-state index contributed by atoms with van der Waals surface area (Å²) in [5.74, 6) is 0.0891. The monoisotopic (exact) mass is 405 g/mol. The van der Waals surface area contributed by atoms with E-state index in [-0.39, 0.29) is 18.1 Å². The number of aryl methyl sites for hydroxylation is 1. The molecule has 5 nitrogen and oxygen atoms in total. The van der Waals surface area contributed by atoms with E-state index in [1.54, 1.807) is 16.2 Å². The van der Waals surface area contributed by atoms with Crippen molar-refractivity contribution < 1.29 is 9.53 Å². The summed E-state index contributed by atoms with van der Waals surface area (Å²) in [6.07, 6.45) is -0.245. The Labute approximate surface area is 174 Å². The number of aromatic nitrogens is 1. The van der Waals surface area contributed by atoms with Gasteiger partial charge in [0.2, 0.25) is 0 Å². The third kappa shape index (κ3) is 3.43. The SMILES string of the molecule is Cc1nc(C2CN(C(=O)OCC3c4ccccc4-c4ccccc43)CCN2)cs1. The number of fused-ring (bicyclic) bond motifs is 3. The van der Waals surface area contributed by atoms with Crippen LogP contribution in [-0.4, -0.2) is 42.2 Å². The van der Waals surface area contributed by atoms with E-state index in [1.165, 1.54) is 22.3 Å². The summed E-state index contributed by atoms with van der Waals surface area (Å²) in [6.45, 7) is 4.33. The predicted molar refractivity (Wildman–Crippen MR) is 114 cm³/mol. The molecule has 1 aliphatic heterocycles. The molecule has 1 unspecified atom stereocenters. The summed E-state index contributed by atoms with van der Waals surface area (Å²) in [5.41, 5.74) is 5.95. The zero-order valence-electron chi connectivity index (χ0n) is 16.3. The van der Waals surface area contributed by atoms with Crippen LogP contribution in [0.1, 0.15) is 33.8 Å². The number of rotatable bonds is 3. The first-order valence-electron chi connectivity index (χ1n) is 9.96. The van der Waals surface area contributed by atoms with Crippen molar-refractivity contribution in [1.29, 1.82) is 0 Å².